The maximum absolute atomic E-state index is 10.8. The lowest BCUT2D eigenvalue weighted by Crippen LogP contribution is -2.51. The highest BCUT2D eigenvalue weighted by molar-refractivity contribution is 7.89. The van der Waals surface area contributed by atoms with E-state index in [0.717, 1.165) is 13.0 Å². The second kappa shape index (κ2) is 5.44. The summed E-state index contributed by atoms with van der Waals surface area (Å²) in [7, 11) is -1.21. The summed E-state index contributed by atoms with van der Waals surface area (Å²) in [5, 5.41) is 8.25. The van der Waals surface area contributed by atoms with Crippen LogP contribution in [0.1, 0.15) is 20.3 Å². The Kier molecular flexibility index (Phi) is 4.73. The molecule has 16 heavy (non-hydrogen) atoms. The summed E-state index contributed by atoms with van der Waals surface area (Å²) in [4.78, 5) is 2.34. The number of rotatable bonds is 4. The lowest BCUT2D eigenvalue weighted by molar-refractivity contribution is 0.123. The van der Waals surface area contributed by atoms with Gasteiger partial charge in [-0.3, -0.25) is 0 Å². The van der Waals surface area contributed by atoms with Gasteiger partial charge in [0.2, 0.25) is 10.0 Å². The van der Waals surface area contributed by atoms with Crippen molar-refractivity contribution in [1.82, 2.24) is 10.2 Å². The zero-order valence-electron chi connectivity index (χ0n) is 10.3. The van der Waals surface area contributed by atoms with E-state index in [1.54, 1.807) is 0 Å². The minimum Gasteiger partial charge on any atom is -0.313 e. The molecule has 3 atom stereocenters. The molecule has 6 heteroatoms. The molecule has 0 aromatic carbocycles. The normalized spacial score (nSPS) is 32.9. The predicted octanol–water partition coefficient (Wildman–Crippen LogP) is -0.407. The van der Waals surface area contributed by atoms with Crippen molar-refractivity contribution in [3.8, 4) is 0 Å². The fourth-order valence-corrected chi connectivity index (χ4v) is 2.61. The van der Waals surface area contributed by atoms with E-state index in [2.05, 4.69) is 31.1 Å². The molecule has 1 aliphatic heterocycles. The van der Waals surface area contributed by atoms with Gasteiger partial charge in [0.25, 0.3) is 0 Å². The first-order valence-corrected chi connectivity index (χ1v) is 7.45. The largest absolute Gasteiger partial charge is 0.313 e. The number of nitrogens with two attached hydrogens (primary N) is 1. The number of hydrogen-bond acceptors (Lipinski definition) is 4. The van der Waals surface area contributed by atoms with E-state index in [9.17, 15) is 8.42 Å². The number of piperidine rings is 1. The molecule has 1 fully saturated rings. The van der Waals surface area contributed by atoms with E-state index in [-0.39, 0.29) is 5.75 Å². The second-order valence-corrected chi connectivity index (χ2v) is 6.66. The summed E-state index contributed by atoms with van der Waals surface area (Å²) in [5.74, 6) is 0.558. The number of nitrogens with zero attached hydrogens (tertiary/aromatic N) is 1. The fraction of sp³-hybridized carbons (Fsp3) is 1.00. The highest BCUT2D eigenvalue weighted by atomic mass is 32.2. The zero-order valence-corrected chi connectivity index (χ0v) is 11.1. The van der Waals surface area contributed by atoms with E-state index < -0.39 is 10.0 Å². The molecule has 1 aliphatic rings. The minimum atomic E-state index is -3.34. The van der Waals surface area contributed by atoms with Crippen molar-refractivity contribution in [1.29, 1.82) is 0 Å². The monoisotopic (exact) mass is 249 g/mol. The van der Waals surface area contributed by atoms with Crippen molar-refractivity contribution in [2.24, 2.45) is 11.1 Å². The van der Waals surface area contributed by atoms with E-state index in [1.165, 1.54) is 0 Å². The molecular formula is C10H23N3O2S. The molecule has 5 nitrogen and oxygen atoms in total. The number of primary sulfonamides is 1. The average Bonchev–Trinajstić information content (AvgIpc) is 2.11. The summed E-state index contributed by atoms with van der Waals surface area (Å²) in [6.45, 7) is 5.88. The van der Waals surface area contributed by atoms with Gasteiger partial charge in [-0.2, -0.15) is 0 Å². The molecule has 0 saturated carbocycles. The maximum atomic E-state index is 10.8. The Balaban J connectivity index is 2.37. The molecule has 0 aliphatic carbocycles. The van der Waals surface area contributed by atoms with Crippen LogP contribution in [0, 0.1) is 5.92 Å². The molecule has 1 saturated heterocycles. The number of sulfonamides is 1. The van der Waals surface area contributed by atoms with Crippen LogP contribution in [0.3, 0.4) is 0 Å². The molecule has 1 rings (SSSR count). The van der Waals surface area contributed by atoms with Gasteiger partial charge in [-0.05, 0) is 26.3 Å². The molecule has 1 heterocycles. The van der Waals surface area contributed by atoms with Crippen LogP contribution in [0.2, 0.25) is 0 Å². The van der Waals surface area contributed by atoms with Crippen molar-refractivity contribution in [3.63, 3.8) is 0 Å². The van der Waals surface area contributed by atoms with E-state index in [4.69, 9.17) is 5.14 Å². The number of hydrogen-bond donors (Lipinski definition) is 2. The van der Waals surface area contributed by atoms with Crippen LogP contribution in [-0.2, 0) is 10.0 Å². The second-order valence-electron chi connectivity index (χ2n) is 4.93. The summed E-state index contributed by atoms with van der Waals surface area (Å²) in [6, 6.07) is 0.941. The van der Waals surface area contributed by atoms with Gasteiger partial charge in [0, 0.05) is 25.2 Å². The lowest BCUT2D eigenvalue weighted by Gasteiger charge is -2.40. The molecule has 96 valence electrons. The highest BCUT2D eigenvalue weighted by Gasteiger charge is 2.28. The van der Waals surface area contributed by atoms with Crippen LogP contribution in [0.15, 0.2) is 0 Å². The Bertz CT molecular complexity index is 318. The standard InChI is InChI=1S/C10H23N3O2S/c1-8-7-13(3)9(2)6-10(8)12-4-5-16(11,14)15/h8-10,12H,4-7H2,1-3H3,(H2,11,14,15). The number of nitrogens with one attached hydrogen (secondary N) is 1. The van der Waals surface area contributed by atoms with Gasteiger partial charge in [0.1, 0.15) is 0 Å². The van der Waals surface area contributed by atoms with Crippen molar-refractivity contribution < 1.29 is 8.42 Å². The fourth-order valence-electron chi connectivity index (χ4n) is 2.21. The minimum absolute atomic E-state index is 0.0143. The molecule has 0 radical (unpaired) electrons. The molecule has 0 amide bonds. The van der Waals surface area contributed by atoms with Crippen LogP contribution < -0.4 is 10.5 Å². The van der Waals surface area contributed by atoms with Crippen LogP contribution in [0.5, 0.6) is 0 Å². The maximum Gasteiger partial charge on any atom is 0.210 e. The summed E-state index contributed by atoms with van der Waals surface area (Å²) < 4.78 is 21.6. The van der Waals surface area contributed by atoms with Crippen LogP contribution >= 0.6 is 0 Å². The van der Waals surface area contributed by atoms with Crippen molar-refractivity contribution >= 4 is 10.0 Å². The molecule has 3 N–H and O–H groups in total. The first kappa shape index (κ1) is 13.9. The van der Waals surface area contributed by atoms with E-state index >= 15 is 0 Å². The molecule has 0 spiro atoms. The summed E-state index contributed by atoms with van der Waals surface area (Å²) in [6.07, 6.45) is 1.06. The number of likely N-dealkylation sites (tertiary alicyclic amines) is 1. The Morgan fingerprint density at radius 3 is 2.62 bits per heavy atom. The third kappa shape index (κ3) is 4.37. The van der Waals surface area contributed by atoms with Crippen LogP contribution in [0.4, 0.5) is 0 Å². The Morgan fingerprint density at radius 2 is 2.06 bits per heavy atom. The lowest BCUT2D eigenvalue weighted by atomic mass is 9.90. The van der Waals surface area contributed by atoms with Gasteiger partial charge in [0.15, 0.2) is 0 Å². The Labute approximate surface area is 98.4 Å². The first-order valence-electron chi connectivity index (χ1n) is 5.73. The van der Waals surface area contributed by atoms with Crippen molar-refractivity contribution in [3.05, 3.63) is 0 Å². The van der Waals surface area contributed by atoms with Gasteiger partial charge >= 0.3 is 0 Å². The summed E-state index contributed by atoms with van der Waals surface area (Å²) in [5.41, 5.74) is 0. The molecule has 0 aromatic rings. The first-order chi connectivity index (χ1) is 7.29. The van der Waals surface area contributed by atoms with Crippen molar-refractivity contribution in [2.45, 2.75) is 32.4 Å². The van der Waals surface area contributed by atoms with Gasteiger partial charge in [0.05, 0.1) is 5.75 Å². The quantitative estimate of drug-likeness (QED) is 0.710. The van der Waals surface area contributed by atoms with Gasteiger partial charge in [-0.25, -0.2) is 13.6 Å². The topological polar surface area (TPSA) is 75.4 Å². The highest BCUT2D eigenvalue weighted by Crippen LogP contribution is 2.20. The Hall–Kier alpha value is -0.170. The van der Waals surface area contributed by atoms with Crippen LogP contribution in [0.25, 0.3) is 0 Å². The van der Waals surface area contributed by atoms with Crippen LogP contribution in [-0.4, -0.2) is 51.3 Å². The van der Waals surface area contributed by atoms with E-state index in [1.807, 2.05) is 0 Å². The van der Waals surface area contributed by atoms with Gasteiger partial charge < -0.3 is 10.2 Å². The molecular weight excluding hydrogens is 226 g/mol. The van der Waals surface area contributed by atoms with E-state index in [0.29, 0.717) is 24.5 Å². The summed E-state index contributed by atoms with van der Waals surface area (Å²) >= 11 is 0. The third-order valence-corrected chi connectivity index (χ3v) is 4.18. The predicted molar refractivity (Wildman–Crippen MR) is 65.6 cm³/mol. The zero-order chi connectivity index (χ0) is 12.3. The van der Waals surface area contributed by atoms with Gasteiger partial charge in [-0.1, -0.05) is 6.92 Å². The SMILES string of the molecule is CC1CN(C)C(C)CC1NCCS(N)(=O)=O. The smallest absolute Gasteiger partial charge is 0.210 e. The average molecular weight is 249 g/mol. The van der Waals surface area contributed by atoms with Crippen molar-refractivity contribution in [2.75, 3.05) is 25.9 Å². The molecule has 0 aromatic heterocycles. The molecule has 3 unspecified atom stereocenters. The third-order valence-electron chi connectivity index (χ3n) is 3.40. The Morgan fingerprint density at radius 1 is 1.44 bits per heavy atom. The van der Waals surface area contributed by atoms with Gasteiger partial charge in [-0.15, -0.1) is 0 Å². The molecule has 0 bridgehead atoms.